The summed E-state index contributed by atoms with van der Waals surface area (Å²) in [6.45, 7) is 0. The van der Waals surface area contributed by atoms with E-state index in [1.807, 2.05) is 0 Å². The SMILES string of the molecule is O=[N+]([O-])[O-].O=[N+]([O-])[O-].O=[N+]([O-])[O-].O=[N+]([O-])[O-].O=[N+]([O-])[O-].O=[N+]([O-])[O-].O=[N+]([O-])[O-].O=[N+]([O-])[O-].[Si+4].[Ti+4]. The second kappa shape index (κ2) is 56.4. The van der Waals surface area contributed by atoms with Crippen molar-refractivity contribution in [2.45, 2.75) is 0 Å². The Labute approximate surface area is 196 Å². The molecular weight excluding hydrogens is 572 g/mol. The van der Waals surface area contributed by atoms with E-state index in [2.05, 4.69) is 0 Å². The average molecular weight is 572 g/mol. The van der Waals surface area contributed by atoms with Crippen LogP contribution < -0.4 is 0 Å². The zero-order chi connectivity index (χ0) is 28.6. The van der Waals surface area contributed by atoms with Crippen LogP contribution >= 0.6 is 0 Å². The first-order chi connectivity index (χ1) is 13.9. The molecule has 0 saturated heterocycles. The van der Waals surface area contributed by atoms with E-state index in [9.17, 15) is 0 Å². The summed E-state index contributed by atoms with van der Waals surface area (Å²) in [5.41, 5.74) is 0. The van der Waals surface area contributed by atoms with Crippen LogP contribution in [0.4, 0.5) is 0 Å². The van der Waals surface area contributed by atoms with Crippen LogP contribution in [0.2, 0.25) is 0 Å². The molecule has 0 rings (SSSR count). The minimum absolute atomic E-state index is 0. The Morgan fingerprint density at radius 3 is 0.235 bits per heavy atom. The van der Waals surface area contributed by atoms with Crippen molar-refractivity contribution in [2.75, 3.05) is 0 Å². The molecule has 0 radical (unpaired) electrons. The van der Waals surface area contributed by atoms with Crippen molar-refractivity contribution in [1.29, 1.82) is 0 Å². The van der Waals surface area contributed by atoms with E-state index in [0.29, 0.717) is 0 Å². The summed E-state index contributed by atoms with van der Waals surface area (Å²) in [5, 5.41) is 118. The number of rotatable bonds is 0. The first-order valence-corrected chi connectivity index (χ1v) is 4.38. The molecule has 0 aliphatic rings. The maximum atomic E-state index is 8.25. The van der Waals surface area contributed by atoms with E-state index in [0.717, 1.165) is 0 Å². The van der Waals surface area contributed by atoms with Crippen molar-refractivity contribution in [1.82, 2.24) is 0 Å². The van der Waals surface area contributed by atoms with Gasteiger partial charge in [0.25, 0.3) is 0 Å². The van der Waals surface area contributed by atoms with Crippen molar-refractivity contribution in [3.63, 3.8) is 0 Å². The fraction of sp³-hybridized carbons (Fsp3) is 0. The van der Waals surface area contributed by atoms with Gasteiger partial charge in [-0.05, 0) is 0 Å². The van der Waals surface area contributed by atoms with Gasteiger partial charge in [-0.2, -0.15) is 0 Å². The normalized spacial score (nSPS) is 5.65. The van der Waals surface area contributed by atoms with Gasteiger partial charge in [-0.25, -0.2) is 0 Å². The second-order valence-electron chi connectivity index (χ2n) is 1.79. The van der Waals surface area contributed by atoms with Crippen LogP contribution in [-0.4, -0.2) is 51.7 Å². The molecule has 0 heterocycles. The van der Waals surface area contributed by atoms with E-state index in [-0.39, 0.29) is 32.7 Å². The summed E-state index contributed by atoms with van der Waals surface area (Å²) in [6, 6.07) is 0. The molecular formula is N8O24SiTi. The maximum Gasteiger partial charge on any atom is 4.00 e. The minimum atomic E-state index is -1.75. The Bertz CT molecular complexity index is 367. The fourth-order valence-corrected chi connectivity index (χ4v) is 0. The van der Waals surface area contributed by atoms with Crippen LogP contribution in [0.1, 0.15) is 0 Å². The third-order valence-corrected chi connectivity index (χ3v) is 0. The molecule has 192 valence electrons. The zero-order valence-electron chi connectivity index (χ0n) is 14.4. The summed E-state index contributed by atoms with van der Waals surface area (Å²) < 4.78 is 0. The molecule has 0 aliphatic heterocycles. The van der Waals surface area contributed by atoms with Gasteiger partial charge < -0.3 is 123 Å². The van der Waals surface area contributed by atoms with E-state index < -0.39 is 40.7 Å². The number of nitrogens with zero attached hydrogens (tertiary/aromatic N) is 8. The van der Waals surface area contributed by atoms with Gasteiger partial charge in [-0.15, -0.1) is 0 Å². The van der Waals surface area contributed by atoms with E-state index in [1.165, 1.54) is 0 Å². The minimum Gasteiger partial charge on any atom is -0.356 e. The molecule has 0 N–H and O–H groups in total. The van der Waals surface area contributed by atoms with Crippen LogP contribution in [0.5, 0.6) is 0 Å². The predicted octanol–water partition coefficient (Wildman–Crippen LogP) is -2.30. The molecule has 0 fully saturated rings. The first kappa shape index (κ1) is 63.0. The van der Waals surface area contributed by atoms with Crippen LogP contribution in [-0.2, 0) is 21.7 Å². The summed E-state index contributed by atoms with van der Waals surface area (Å²) in [7, 11) is 0. The van der Waals surface area contributed by atoms with Crippen molar-refractivity contribution in [3.05, 3.63) is 123 Å². The number of hydrogen-bond acceptors (Lipinski definition) is 24. The molecule has 0 spiro atoms. The summed E-state index contributed by atoms with van der Waals surface area (Å²) in [5.74, 6) is 0. The predicted molar refractivity (Wildman–Crippen MR) is 88.6 cm³/mol. The molecule has 0 atom stereocenters. The van der Waals surface area contributed by atoms with Crippen LogP contribution in [0.15, 0.2) is 0 Å². The summed E-state index contributed by atoms with van der Waals surface area (Å²) in [6.07, 6.45) is 0. The maximum absolute atomic E-state index is 8.25. The first-order valence-electron chi connectivity index (χ1n) is 4.38. The van der Waals surface area contributed by atoms with E-state index in [4.69, 9.17) is 123 Å². The number of hydrogen-bond donors (Lipinski definition) is 0. The Morgan fingerprint density at radius 1 is 0.235 bits per heavy atom. The third-order valence-electron chi connectivity index (χ3n) is 0. The van der Waals surface area contributed by atoms with Crippen molar-refractivity contribution < 1.29 is 62.4 Å². The van der Waals surface area contributed by atoms with Gasteiger partial charge in [0.1, 0.15) is 0 Å². The Kier molecular flexibility index (Phi) is 105. The van der Waals surface area contributed by atoms with Crippen molar-refractivity contribution >= 4 is 11.0 Å². The van der Waals surface area contributed by atoms with Gasteiger partial charge in [-0.1, -0.05) is 0 Å². The molecule has 0 aromatic rings. The third kappa shape index (κ3) is 578. The molecule has 0 aliphatic carbocycles. The molecule has 0 saturated carbocycles. The quantitative estimate of drug-likeness (QED) is 0.167. The van der Waals surface area contributed by atoms with Crippen LogP contribution in [0.25, 0.3) is 0 Å². The largest absolute Gasteiger partial charge is 4.00 e. The monoisotopic (exact) mass is 572 g/mol. The van der Waals surface area contributed by atoms with Gasteiger partial charge in [0.15, 0.2) is 0 Å². The Balaban J connectivity index is -0.0000000240. The molecule has 0 amide bonds. The molecule has 34 heteroatoms. The van der Waals surface area contributed by atoms with Crippen LogP contribution in [0.3, 0.4) is 0 Å². The summed E-state index contributed by atoms with van der Waals surface area (Å²) >= 11 is 0. The topological polar surface area (TPSA) is 530 Å². The molecule has 0 aromatic carbocycles. The van der Waals surface area contributed by atoms with Crippen molar-refractivity contribution in [3.8, 4) is 0 Å². The molecule has 0 aromatic heterocycles. The Hall–Kier alpha value is -5.47. The second-order valence-corrected chi connectivity index (χ2v) is 1.79. The Morgan fingerprint density at radius 2 is 0.235 bits per heavy atom. The van der Waals surface area contributed by atoms with Crippen molar-refractivity contribution in [2.24, 2.45) is 0 Å². The standard InChI is InChI=1S/8NO3.Si.Ti/c8*2-1(3)4;;/q8*-1;2*+4. The van der Waals surface area contributed by atoms with Gasteiger partial charge in [0, 0.05) is 0 Å². The molecule has 0 unspecified atom stereocenters. The smallest absolute Gasteiger partial charge is 0.356 e. The molecule has 34 heavy (non-hydrogen) atoms. The summed E-state index contributed by atoms with van der Waals surface area (Å²) in [4.78, 5) is 66.0. The van der Waals surface area contributed by atoms with Crippen LogP contribution in [0, 0.1) is 123 Å². The zero-order valence-corrected chi connectivity index (χ0v) is 16.9. The van der Waals surface area contributed by atoms with Gasteiger partial charge >= 0.3 is 32.7 Å². The van der Waals surface area contributed by atoms with E-state index in [1.54, 1.807) is 0 Å². The average Bonchev–Trinajstić information content (AvgIpc) is 2.30. The van der Waals surface area contributed by atoms with Gasteiger partial charge in [0.2, 0.25) is 0 Å². The van der Waals surface area contributed by atoms with Gasteiger partial charge in [-0.3, -0.25) is 0 Å². The molecule has 32 nitrogen and oxygen atoms in total. The van der Waals surface area contributed by atoms with E-state index >= 15 is 0 Å². The molecule has 0 bridgehead atoms. The van der Waals surface area contributed by atoms with Gasteiger partial charge in [0.05, 0.1) is 40.7 Å². The fourth-order valence-electron chi connectivity index (χ4n) is 0.